The Kier molecular flexibility index (Phi) is 3.82. The zero-order chi connectivity index (χ0) is 15.4. The molecule has 0 aliphatic carbocycles. The first kappa shape index (κ1) is 13.8. The van der Waals surface area contributed by atoms with Crippen molar-refractivity contribution in [2.45, 2.75) is 6.92 Å². The Hall–Kier alpha value is -3.15. The van der Waals surface area contributed by atoms with Gasteiger partial charge in [-0.1, -0.05) is 29.8 Å². The number of nitrogens with one attached hydrogen (secondary N) is 2. The fourth-order valence-corrected chi connectivity index (χ4v) is 1.85. The summed E-state index contributed by atoms with van der Waals surface area (Å²) < 4.78 is 5.10. The lowest BCUT2D eigenvalue weighted by Crippen LogP contribution is -2.08. The standard InChI is InChI=1S/C16H14N4O2/c1-11-4-6-12(7-5-11)15-18-16(20-19-15)17-14(21)9-8-13-3-2-10-22-13/h2-10H,1H3,(H2,17,18,19,20,21). The smallest absolute Gasteiger partial charge is 0.250 e. The molecule has 0 unspecified atom stereocenters. The van der Waals surface area contributed by atoms with Crippen LogP contribution in [0.2, 0.25) is 0 Å². The second kappa shape index (κ2) is 6.09. The van der Waals surface area contributed by atoms with Gasteiger partial charge in [0.05, 0.1) is 6.26 Å². The lowest BCUT2D eigenvalue weighted by molar-refractivity contribution is -0.111. The van der Waals surface area contributed by atoms with Gasteiger partial charge in [-0.15, -0.1) is 5.10 Å². The highest BCUT2D eigenvalue weighted by Crippen LogP contribution is 2.16. The maximum atomic E-state index is 11.8. The summed E-state index contributed by atoms with van der Waals surface area (Å²) in [5.41, 5.74) is 2.07. The number of aryl methyl sites for hydroxylation is 1. The Balaban J connectivity index is 1.66. The average Bonchev–Trinajstić information content (AvgIpc) is 3.17. The maximum absolute atomic E-state index is 11.8. The first-order valence-corrected chi connectivity index (χ1v) is 6.73. The van der Waals surface area contributed by atoms with Crippen LogP contribution in [0, 0.1) is 6.92 Å². The Morgan fingerprint density at radius 3 is 2.82 bits per heavy atom. The molecule has 0 aliphatic heterocycles. The van der Waals surface area contributed by atoms with Crippen LogP contribution in [0.4, 0.5) is 5.95 Å². The van der Waals surface area contributed by atoms with Gasteiger partial charge < -0.3 is 4.42 Å². The molecule has 1 amide bonds. The van der Waals surface area contributed by atoms with Crippen molar-refractivity contribution in [2.75, 3.05) is 5.32 Å². The molecule has 0 saturated carbocycles. The third kappa shape index (κ3) is 3.29. The molecule has 3 aromatic rings. The SMILES string of the molecule is Cc1ccc(-c2nc(NC(=O)C=Cc3ccco3)n[nH]2)cc1. The van der Waals surface area contributed by atoms with Crippen LogP contribution < -0.4 is 5.32 Å². The van der Waals surface area contributed by atoms with Crippen LogP contribution in [0.1, 0.15) is 11.3 Å². The normalized spacial score (nSPS) is 11.0. The average molecular weight is 294 g/mol. The highest BCUT2D eigenvalue weighted by molar-refractivity contribution is 6.00. The van der Waals surface area contributed by atoms with Crippen LogP contribution >= 0.6 is 0 Å². The number of carbonyl (C=O) groups excluding carboxylic acids is 1. The summed E-state index contributed by atoms with van der Waals surface area (Å²) in [6.07, 6.45) is 4.48. The van der Waals surface area contributed by atoms with E-state index in [1.54, 1.807) is 24.5 Å². The van der Waals surface area contributed by atoms with Crippen molar-refractivity contribution in [3.05, 3.63) is 60.1 Å². The Morgan fingerprint density at radius 1 is 1.27 bits per heavy atom. The summed E-state index contributed by atoms with van der Waals surface area (Å²) in [6, 6.07) is 11.4. The number of aromatic amines is 1. The number of aromatic nitrogens is 3. The van der Waals surface area contributed by atoms with Gasteiger partial charge in [-0.2, -0.15) is 4.98 Å². The molecule has 0 atom stereocenters. The van der Waals surface area contributed by atoms with E-state index >= 15 is 0 Å². The van der Waals surface area contributed by atoms with E-state index in [-0.39, 0.29) is 11.9 Å². The summed E-state index contributed by atoms with van der Waals surface area (Å²) in [4.78, 5) is 16.0. The highest BCUT2D eigenvalue weighted by atomic mass is 16.3. The Morgan fingerprint density at radius 2 is 2.09 bits per heavy atom. The van der Waals surface area contributed by atoms with E-state index in [2.05, 4.69) is 20.5 Å². The minimum Gasteiger partial charge on any atom is -0.465 e. The second-order valence-electron chi connectivity index (χ2n) is 4.71. The van der Waals surface area contributed by atoms with Gasteiger partial charge in [-0.3, -0.25) is 15.2 Å². The summed E-state index contributed by atoms with van der Waals surface area (Å²) in [7, 11) is 0. The molecule has 110 valence electrons. The molecule has 6 nitrogen and oxygen atoms in total. The van der Waals surface area contributed by atoms with Gasteiger partial charge >= 0.3 is 0 Å². The van der Waals surface area contributed by atoms with Gasteiger partial charge in [0.25, 0.3) is 5.91 Å². The van der Waals surface area contributed by atoms with Crippen molar-refractivity contribution in [3.8, 4) is 11.4 Å². The molecule has 2 heterocycles. The van der Waals surface area contributed by atoms with Crippen LogP contribution in [0.3, 0.4) is 0 Å². The zero-order valence-corrected chi connectivity index (χ0v) is 11.9. The number of benzene rings is 1. The number of furan rings is 1. The monoisotopic (exact) mass is 294 g/mol. The van der Waals surface area contributed by atoms with Gasteiger partial charge in [0.15, 0.2) is 5.82 Å². The van der Waals surface area contributed by atoms with Crippen LogP contribution in [-0.2, 0) is 4.79 Å². The van der Waals surface area contributed by atoms with Crippen molar-refractivity contribution in [3.63, 3.8) is 0 Å². The predicted octanol–water partition coefficient (Wildman–Crippen LogP) is 3.03. The predicted molar refractivity (Wildman–Crippen MR) is 82.9 cm³/mol. The minimum absolute atomic E-state index is 0.227. The molecule has 1 aromatic carbocycles. The number of anilines is 1. The summed E-state index contributed by atoms with van der Waals surface area (Å²) in [6.45, 7) is 2.02. The molecular formula is C16H14N4O2. The van der Waals surface area contributed by atoms with E-state index in [4.69, 9.17) is 4.42 Å². The number of amides is 1. The number of H-pyrrole nitrogens is 1. The van der Waals surface area contributed by atoms with Crippen LogP contribution in [-0.4, -0.2) is 21.1 Å². The zero-order valence-electron chi connectivity index (χ0n) is 11.9. The van der Waals surface area contributed by atoms with Crippen LogP contribution in [0.25, 0.3) is 17.5 Å². The van der Waals surface area contributed by atoms with Crippen molar-refractivity contribution in [2.24, 2.45) is 0 Å². The van der Waals surface area contributed by atoms with Gasteiger partial charge in [0.1, 0.15) is 5.76 Å². The number of nitrogens with zero attached hydrogens (tertiary/aromatic N) is 2. The fraction of sp³-hybridized carbons (Fsp3) is 0.0625. The van der Waals surface area contributed by atoms with E-state index in [0.717, 1.165) is 5.56 Å². The maximum Gasteiger partial charge on any atom is 0.250 e. The number of hydrogen-bond acceptors (Lipinski definition) is 4. The third-order valence-electron chi connectivity index (χ3n) is 2.99. The van der Waals surface area contributed by atoms with Crippen LogP contribution in [0.5, 0.6) is 0 Å². The van der Waals surface area contributed by atoms with Crippen molar-refractivity contribution >= 4 is 17.9 Å². The number of carbonyl (C=O) groups is 1. The van der Waals surface area contributed by atoms with Gasteiger partial charge in [0, 0.05) is 11.6 Å². The first-order valence-electron chi connectivity index (χ1n) is 6.73. The molecular weight excluding hydrogens is 280 g/mol. The Bertz CT molecular complexity index is 786. The van der Waals surface area contributed by atoms with Crippen molar-refractivity contribution in [1.29, 1.82) is 0 Å². The van der Waals surface area contributed by atoms with Crippen LogP contribution in [0.15, 0.2) is 53.2 Å². The number of hydrogen-bond donors (Lipinski definition) is 2. The van der Waals surface area contributed by atoms with Gasteiger partial charge in [-0.25, -0.2) is 0 Å². The van der Waals surface area contributed by atoms with E-state index in [0.29, 0.717) is 11.6 Å². The molecule has 0 radical (unpaired) electrons. The molecule has 2 N–H and O–H groups in total. The summed E-state index contributed by atoms with van der Waals surface area (Å²) in [5, 5.41) is 9.36. The topological polar surface area (TPSA) is 83.8 Å². The molecule has 0 saturated heterocycles. The van der Waals surface area contributed by atoms with Gasteiger partial charge in [-0.05, 0) is 25.1 Å². The highest BCUT2D eigenvalue weighted by Gasteiger charge is 2.07. The molecule has 6 heteroatoms. The lowest BCUT2D eigenvalue weighted by atomic mass is 10.1. The molecule has 2 aromatic heterocycles. The molecule has 0 aliphatic rings. The first-order chi connectivity index (χ1) is 10.7. The van der Waals surface area contributed by atoms with E-state index in [9.17, 15) is 4.79 Å². The van der Waals surface area contributed by atoms with Crippen molar-refractivity contribution in [1.82, 2.24) is 15.2 Å². The molecule has 0 fully saturated rings. The fourth-order valence-electron chi connectivity index (χ4n) is 1.85. The molecule has 22 heavy (non-hydrogen) atoms. The molecule has 0 spiro atoms. The summed E-state index contributed by atoms with van der Waals surface area (Å²) >= 11 is 0. The third-order valence-corrected chi connectivity index (χ3v) is 2.99. The van der Waals surface area contributed by atoms with E-state index in [1.807, 2.05) is 31.2 Å². The second-order valence-corrected chi connectivity index (χ2v) is 4.71. The van der Waals surface area contributed by atoms with Gasteiger partial charge in [0.2, 0.25) is 5.95 Å². The minimum atomic E-state index is -0.328. The number of rotatable bonds is 4. The molecule has 3 rings (SSSR count). The molecule has 0 bridgehead atoms. The van der Waals surface area contributed by atoms with Crippen molar-refractivity contribution < 1.29 is 9.21 Å². The Labute approximate surface area is 126 Å². The quantitative estimate of drug-likeness (QED) is 0.724. The lowest BCUT2D eigenvalue weighted by Gasteiger charge is -1.96. The summed E-state index contributed by atoms with van der Waals surface area (Å²) in [5.74, 6) is 1.10. The largest absolute Gasteiger partial charge is 0.465 e. The van der Waals surface area contributed by atoms with E-state index in [1.165, 1.54) is 11.6 Å². The van der Waals surface area contributed by atoms with E-state index < -0.39 is 0 Å².